The van der Waals surface area contributed by atoms with Crippen LogP contribution < -0.4 is 0 Å². The number of hydrogen-bond donors (Lipinski definition) is 1. The van der Waals surface area contributed by atoms with Crippen molar-refractivity contribution in [2.75, 3.05) is 0 Å². The summed E-state index contributed by atoms with van der Waals surface area (Å²) in [4.78, 5) is 0.0877. The Hall–Kier alpha value is -0.680. The van der Waals surface area contributed by atoms with E-state index >= 15 is 0 Å². The van der Waals surface area contributed by atoms with Crippen molar-refractivity contribution in [3.63, 3.8) is 0 Å². The molecule has 0 aromatic heterocycles. The van der Waals surface area contributed by atoms with Crippen LogP contribution in [0.3, 0.4) is 0 Å². The van der Waals surface area contributed by atoms with Gasteiger partial charge in [0.2, 0.25) is 0 Å². The molecule has 5 heteroatoms. The highest BCUT2D eigenvalue weighted by Crippen LogP contribution is 2.10. The molecular weight excluding hydrogens is 196 g/mol. The van der Waals surface area contributed by atoms with E-state index in [1.165, 1.54) is 12.1 Å². The average Bonchev–Trinajstić information content (AvgIpc) is 2.05. The molecule has 1 aromatic carbocycles. The van der Waals surface area contributed by atoms with Gasteiger partial charge in [-0.1, -0.05) is 17.7 Å². The number of aryl methyl sites for hydroxylation is 1. The normalized spacial score (nSPS) is 11.4. The lowest BCUT2D eigenvalue weighted by molar-refractivity contribution is 0.607. The van der Waals surface area contributed by atoms with Crippen molar-refractivity contribution in [1.29, 1.82) is 0 Å². The van der Waals surface area contributed by atoms with Gasteiger partial charge in [-0.2, -0.15) is 0 Å². The second-order valence-electron chi connectivity index (χ2n) is 2.36. The molecule has 0 N–H and O–H groups in total. The summed E-state index contributed by atoms with van der Waals surface area (Å²) in [6.07, 6.45) is 0. The van der Waals surface area contributed by atoms with Gasteiger partial charge in [0.25, 0.3) is 8.87 Å². The lowest BCUT2D eigenvalue weighted by Gasteiger charge is -1.95. The van der Waals surface area contributed by atoms with Crippen molar-refractivity contribution in [2.24, 2.45) is 0 Å². The molecule has 0 bridgehead atoms. The molecule has 0 aliphatic heterocycles. The van der Waals surface area contributed by atoms with E-state index in [0.717, 1.165) is 5.56 Å². The predicted molar refractivity (Wildman–Crippen MR) is 47.9 cm³/mol. The van der Waals surface area contributed by atoms with Crippen molar-refractivity contribution < 1.29 is 12.6 Å². The van der Waals surface area contributed by atoms with Gasteiger partial charge < -0.3 is 0 Å². The van der Waals surface area contributed by atoms with Gasteiger partial charge in [0.1, 0.15) is 10.7 Å². The van der Waals surface area contributed by atoms with E-state index in [-0.39, 0.29) is 4.90 Å². The van der Waals surface area contributed by atoms with E-state index in [0.29, 0.717) is 0 Å². The lowest BCUT2D eigenvalue weighted by atomic mass is 10.2. The first-order valence-corrected chi connectivity index (χ1v) is 6.12. The predicted octanol–water partition coefficient (Wildman–Crippen LogP) is 0.629. The van der Waals surface area contributed by atoms with Gasteiger partial charge in [0.15, 0.2) is 0 Å². The van der Waals surface area contributed by atoms with Crippen LogP contribution in [-0.4, -0.2) is 12.6 Å². The summed E-state index contributed by atoms with van der Waals surface area (Å²) in [7, 11) is -4.45. The summed E-state index contributed by atoms with van der Waals surface area (Å²) >= 11 is 0. The van der Waals surface area contributed by atoms with Gasteiger partial charge in [-0.25, -0.2) is 12.6 Å². The molecule has 0 atom stereocenters. The van der Waals surface area contributed by atoms with Gasteiger partial charge in [-0.3, -0.25) is 0 Å². The molecule has 0 aliphatic rings. The summed E-state index contributed by atoms with van der Waals surface area (Å²) in [5, 5.41) is 0. The van der Waals surface area contributed by atoms with Crippen LogP contribution in [0.25, 0.3) is 0 Å². The molecule has 66 valence electrons. The third-order valence-electron chi connectivity index (χ3n) is 1.42. The maximum absolute atomic E-state index is 11.0. The molecule has 12 heavy (non-hydrogen) atoms. The minimum atomic E-state index is -3.60. The minimum absolute atomic E-state index is 0.0877. The van der Waals surface area contributed by atoms with E-state index in [2.05, 4.69) is 0 Å². The van der Waals surface area contributed by atoms with Crippen molar-refractivity contribution in [3.8, 4) is 0 Å². The molecule has 0 heterocycles. The van der Waals surface area contributed by atoms with Gasteiger partial charge in [-0.15, -0.1) is 0 Å². The van der Waals surface area contributed by atoms with E-state index in [4.69, 9.17) is 0 Å². The Labute approximate surface area is 74.2 Å². The third-order valence-corrected chi connectivity index (χ3v) is 3.70. The molecule has 0 aliphatic carbocycles. The van der Waals surface area contributed by atoms with Gasteiger partial charge in [-0.05, 0) is 19.1 Å². The first-order valence-electron chi connectivity index (χ1n) is 3.22. The van der Waals surface area contributed by atoms with Crippen LogP contribution in [0.5, 0.6) is 0 Å². The van der Waals surface area contributed by atoms with E-state index in [9.17, 15) is 12.6 Å². The third kappa shape index (κ3) is 1.92. The first kappa shape index (κ1) is 9.41. The van der Waals surface area contributed by atoms with Crippen molar-refractivity contribution >= 4 is 19.6 Å². The molecule has 0 spiro atoms. The summed E-state index contributed by atoms with van der Waals surface area (Å²) in [5.41, 5.74) is 0.969. The summed E-state index contributed by atoms with van der Waals surface area (Å²) in [6, 6.07) is 6.21. The molecule has 0 radical (unpaired) electrons. The summed E-state index contributed by atoms with van der Waals surface area (Å²) < 4.78 is 32.2. The number of hydrogen-bond acceptors (Lipinski definition) is 3. The van der Waals surface area contributed by atoms with Crippen molar-refractivity contribution in [1.82, 2.24) is 0 Å². The first-order chi connectivity index (χ1) is 5.56. The van der Waals surface area contributed by atoms with Crippen LogP contribution in [0.4, 0.5) is 0 Å². The summed E-state index contributed by atoms with van der Waals surface area (Å²) in [5.74, 6) is 0. The molecule has 0 fully saturated rings. The molecule has 1 aromatic rings. The zero-order valence-electron chi connectivity index (χ0n) is 6.39. The Kier molecular flexibility index (Phi) is 2.64. The quantitative estimate of drug-likeness (QED) is 0.568. The van der Waals surface area contributed by atoms with Crippen LogP contribution in [0.1, 0.15) is 5.56 Å². The molecule has 1 rings (SSSR count). The zero-order valence-corrected chi connectivity index (χ0v) is 8.10. The monoisotopic (exact) mass is 204 g/mol. The Morgan fingerprint density at radius 1 is 1.17 bits per heavy atom. The molecule has 0 unspecified atom stereocenters. The van der Waals surface area contributed by atoms with E-state index < -0.39 is 19.6 Å². The standard InChI is InChI=1S/C7H8O3S2/c1-6-2-4-7(5-3-6)12(9,10)11-8/h2-5,11H,1H3. The number of rotatable bonds is 2. The Bertz CT molecular complexity index is 378. The Morgan fingerprint density at radius 2 is 1.67 bits per heavy atom. The zero-order chi connectivity index (χ0) is 9.19. The second-order valence-corrected chi connectivity index (χ2v) is 5.82. The van der Waals surface area contributed by atoms with E-state index in [1.807, 2.05) is 6.92 Å². The average molecular weight is 204 g/mol. The SMILES string of the molecule is Cc1ccc(S(=O)(=O)[SH]=O)cc1. The fourth-order valence-corrected chi connectivity index (χ4v) is 1.94. The molecule has 0 saturated carbocycles. The minimum Gasteiger partial charge on any atom is -0.246 e. The maximum Gasteiger partial charge on any atom is 0.255 e. The number of thiol groups is 1. The van der Waals surface area contributed by atoms with Gasteiger partial charge >= 0.3 is 0 Å². The fourth-order valence-electron chi connectivity index (χ4n) is 0.753. The van der Waals surface area contributed by atoms with Crippen LogP contribution in [0.2, 0.25) is 0 Å². The van der Waals surface area contributed by atoms with Crippen LogP contribution in [0.15, 0.2) is 29.2 Å². The molecular formula is C7H8O3S2. The highest BCUT2D eigenvalue weighted by atomic mass is 33.1. The molecule has 0 saturated heterocycles. The molecule has 0 amide bonds. The Morgan fingerprint density at radius 3 is 2.08 bits per heavy atom. The highest BCUT2D eigenvalue weighted by molar-refractivity contribution is 8.56. The Balaban J connectivity index is 3.23. The molecule has 3 nitrogen and oxygen atoms in total. The van der Waals surface area contributed by atoms with Crippen LogP contribution >= 0.6 is 0 Å². The van der Waals surface area contributed by atoms with Crippen LogP contribution in [0, 0.1) is 6.92 Å². The van der Waals surface area contributed by atoms with Gasteiger partial charge in [0.05, 0.1) is 4.90 Å². The lowest BCUT2D eigenvalue weighted by Crippen LogP contribution is -1.97. The topological polar surface area (TPSA) is 51.2 Å². The second kappa shape index (κ2) is 3.37. The highest BCUT2D eigenvalue weighted by Gasteiger charge is 2.10. The van der Waals surface area contributed by atoms with Gasteiger partial charge in [0, 0.05) is 0 Å². The van der Waals surface area contributed by atoms with E-state index in [1.54, 1.807) is 12.1 Å². The van der Waals surface area contributed by atoms with Crippen molar-refractivity contribution in [3.05, 3.63) is 29.8 Å². The fraction of sp³-hybridized carbons (Fsp3) is 0.143. The smallest absolute Gasteiger partial charge is 0.246 e. The van der Waals surface area contributed by atoms with Crippen LogP contribution in [-0.2, 0) is 19.6 Å². The largest absolute Gasteiger partial charge is 0.255 e. The van der Waals surface area contributed by atoms with Crippen molar-refractivity contribution in [2.45, 2.75) is 11.8 Å². The maximum atomic E-state index is 11.0. The summed E-state index contributed by atoms with van der Waals surface area (Å²) in [6.45, 7) is 1.85. The number of benzene rings is 1.